The third-order valence-electron chi connectivity index (χ3n) is 2.08. The predicted octanol–water partition coefficient (Wildman–Crippen LogP) is 1.89. The van der Waals surface area contributed by atoms with Gasteiger partial charge in [0.25, 0.3) is 0 Å². The highest BCUT2D eigenvalue weighted by molar-refractivity contribution is 8.13. The number of rotatable bonds is 6. The van der Waals surface area contributed by atoms with E-state index in [9.17, 15) is 0 Å². The van der Waals surface area contributed by atoms with Crippen LogP contribution in [0.3, 0.4) is 0 Å². The molecule has 1 aromatic rings. The molecule has 94 valence electrons. The summed E-state index contributed by atoms with van der Waals surface area (Å²) in [5.74, 6) is 1.65. The van der Waals surface area contributed by atoms with Gasteiger partial charge < -0.3 is 15.2 Å². The van der Waals surface area contributed by atoms with Gasteiger partial charge >= 0.3 is 0 Å². The molecule has 0 aliphatic carbocycles. The van der Waals surface area contributed by atoms with Crippen LogP contribution in [0.4, 0.5) is 0 Å². The number of ether oxygens (including phenoxy) is 2. The molecule has 0 saturated carbocycles. The average Bonchev–Trinajstić information content (AvgIpc) is 2.37. The second kappa shape index (κ2) is 7.97. The van der Waals surface area contributed by atoms with Crippen LogP contribution in [0.2, 0.25) is 0 Å². The van der Waals surface area contributed by atoms with Gasteiger partial charge in [0.15, 0.2) is 5.17 Å². The van der Waals surface area contributed by atoms with Gasteiger partial charge in [0.05, 0.1) is 20.3 Å². The third kappa shape index (κ3) is 5.60. The van der Waals surface area contributed by atoms with Crippen LogP contribution in [0.25, 0.3) is 0 Å². The molecule has 0 bridgehead atoms. The molecule has 0 amide bonds. The fourth-order valence-electron chi connectivity index (χ4n) is 1.21. The minimum atomic E-state index is 0.588. The predicted molar refractivity (Wildman–Crippen MR) is 72.7 cm³/mol. The van der Waals surface area contributed by atoms with E-state index in [1.165, 1.54) is 17.3 Å². The highest BCUT2D eigenvalue weighted by Crippen LogP contribution is 2.17. The zero-order chi connectivity index (χ0) is 12.5. The molecule has 5 heteroatoms. The first-order valence-electron chi connectivity index (χ1n) is 5.31. The largest absolute Gasteiger partial charge is 0.497 e. The minimum absolute atomic E-state index is 0.588. The van der Waals surface area contributed by atoms with Crippen LogP contribution in [-0.2, 0) is 10.5 Å². The van der Waals surface area contributed by atoms with E-state index in [1.807, 2.05) is 24.3 Å². The molecule has 0 atom stereocenters. The first-order valence-corrected chi connectivity index (χ1v) is 6.29. The number of thioether (sulfide) groups is 1. The fourth-order valence-corrected chi connectivity index (χ4v) is 1.89. The van der Waals surface area contributed by atoms with E-state index < -0.39 is 0 Å². The molecule has 4 nitrogen and oxygen atoms in total. The zero-order valence-electron chi connectivity index (χ0n) is 10.2. The number of aliphatic imine (C=N–C) groups is 1. The topological polar surface area (TPSA) is 56.8 Å². The second-order valence-electron chi connectivity index (χ2n) is 3.35. The van der Waals surface area contributed by atoms with E-state index in [-0.39, 0.29) is 0 Å². The number of benzene rings is 1. The maximum absolute atomic E-state index is 5.76. The molecule has 17 heavy (non-hydrogen) atoms. The summed E-state index contributed by atoms with van der Waals surface area (Å²) in [6, 6.07) is 7.92. The van der Waals surface area contributed by atoms with Gasteiger partial charge in [-0.3, -0.25) is 4.99 Å². The molecule has 0 unspecified atom stereocenters. The Morgan fingerprint density at radius 3 is 2.94 bits per heavy atom. The van der Waals surface area contributed by atoms with Crippen LogP contribution < -0.4 is 10.5 Å². The highest BCUT2D eigenvalue weighted by atomic mass is 32.2. The van der Waals surface area contributed by atoms with Crippen molar-refractivity contribution >= 4 is 16.9 Å². The smallest absolute Gasteiger partial charge is 0.154 e. The molecule has 1 rings (SSSR count). The lowest BCUT2D eigenvalue weighted by atomic mass is 10.2. The van der Waals surface area contributed by atoms with E-state index >= 15 is 0 Å². The van der Waals surface area contributed by atoms with Crippen LogP contribution in [-0.4, -0.2) is 32.5 Å². The number of hydrogen-bond acceptors (Lipinski definition) is 4. The van der Waals surface area contributed by atoms with Crippen LogP contribution in [0.5, 0.6) is 5.75 Å². The highest BCUT2D eigenvalue weighted by Gasteiger charge is 1.98. The standard InChI is InChI=1S/C12H18N2O2S/c1-15-7-6-14-12(13)17-9-10-4-3-5-11(8-10)16-2/h3-5,8H,6-7,9H2,1-2H3,(H2,13,14). The van der Waals surface area contributed by atoms with Crippen LogP contribution in [0.15, 0.2) is 29.3 Å². The lowest BCUT2D eigenvalue weighted by Gasteiger charge is -2.04. The maximum atomic E-state index is 5.76. The molecule has 0 heterocycles. The molecule has 0 radical (unpaired) electrons. The molecular weight excluding hydrogens is 236 g/mol. The number of methoxy groups -OCH3 is 2. The van der Waals surface area contributed by atoms with E-state index in [1.54, 1.807) is 14.2 Å². The zero-order valence-corrected chi connectivity index (χ0v) is 11.0. The quantitative estimate of drug-likeness (QED) is 0.478. The summed E-state index contributed by atoms with van der Waals surface area (Å²) < 4.78 is 10.1. The first kappa shape index (κ1) is 13.9. The van der Waals surface area contributed by atoms with Crippen LogP contribution >= 0.6 is 11.8 Å². The maximum Gasteiger partial charge on any atom is 0.154 e. The lowest BCUT2D eigenvalue weighted by Crippen LogP contribution is -2.09. The fraction of sp³-hybridized carbons (Fsp3) is 0.417. The summed E-state index contributed by atoms with van der Waals surface area (Å²) in [5.41, 5.74) is 6.92. The second-order valence-corrected chi connectivity index (χ2v) is 4.35. The Morgan fingerprint density at radius 2 is 2.24 bits per heavy atom. The molecule has 1 aromatic carbocycles. The molecule has 0 aliphatic heterocycles. The van der Waals surface area contributed by atoms with Gasteiger partial charge in [-0.05, 0) is 17.7 Å². The molecule has 0 aliphatic rings. The van der Waals surface area contributed by atoms with Crippen LogP contribution in [0, 0.1) is 0 Å². The van der Waals surface area contributed by atoms with Gasteiger partial charge in [0.2, 0.25) is 0 Å². The monoisotopic (exact) mass is 254 g/mol. The normalized spacial score (nSPS) is 11.5. The van der Waals surface area contributed by atoms with Gasteiger partial charge in [-0.25, -0.2) is 0 Å². The van der Waals surface area contributed by atoms with Crippen molar-refractivity contribution in [1.82, 2.24) is 0 Å². The molecule has 0 aromatic heterocycles. The van der Waals surface area contributed by atoms with Crippen molar-refractivity contribution in [1.29, 1.82) is 0 Å². The molecule has 0 fully saturated rings. The Labute approximate surface area is 106 Å². The van der Waals surface area contributed by atoms with E-state index in [0.717, 1.165) is 11.5 Å². The van der Waals surface area contributed by atoms with Crippen molar-refractivity contribution < 1.29 is 9.47 Å². The summed E-state index contributed by atoms with van der Waals surface area (Å²) in [5, 5.41) is 0.588. The van der Waals surface area contributed by atoms with Crippen molar-refractivity contribution in [3.63, 3.8) is 0 Å². The van der Waals surface area contributed by atoms with Crippen molar-refractivity contribution in [3.8, 4) is 5.75 Å². The van der Waals surface area contributed by atoms with Crippen LogP contribution in [0.1, 0.15) is 5.56 Å². The van der Waals surface area contributed by atoms with E-state index in [4.69, 9.17) is 15.2 Å². The van der Waals surface area contributed by atoms with Crippen molar-refractivity contribution in [2.45, 2.75) is 5.75 Å². The summed E-state index contributed by atoms with van der Waals surface area (Å²) in [6.45, 7) is 1.20. The van der Waals surface area contributed by atoms with Gasteiger partial charge in [-0.2, -0.15) is 0 Å². The van der Waals surface area contributed by atoms with Gasteiger partial charge in [0, 0.05) is 12.9 Å². The molecule has 0 spiro atoms. The van der Waals surface area contributed by atoms with E-state index in [2.05, 4.69) is 4.99 Å². The Morgan fingerprint density at radius 1 is 1.41 bits per heavy atom. The summed E-state index contributed by atoms with van der Waals surface area (Å²) >= 11 is 1.52. The third-order valence-corrected chi connectivity index (χ3v) is 2.99. The Bertz CT molecular complexity index is 369. The van der Waals surface area contributed by atoms with Crippen molar-refractivity contribution in [2.24, 2.45) is 10.7 Å². The lowest BCUT2D eigenvalue weighted by molar-refractivity contribution is 0.208. The van der Waals surface area contributed by atoms with Gasteiger partial charge in [-0.15, -0.1) is 0 Å². The summed E-state index contributed by atoms with van der Waals surface area (Å²) in [4.78, 5) is 4.17. The summed E-state index contributed by atoms with van der Waals surface area (Å²) in [7, 11) is 3.31. The van der Waals surface area contributed by atoms with Crippen molar-refractivity contribution in [3.05, 3.63) is 29.8 Å². The number of hydrogen-bond donors (Lipinski definition) is 1. The van der Waals surface area contributed by atoms with Gasteiger partial charge in [0.1, 0.15) is 5.75 Å². The Hall–Kier alpha value is -1.20. The number of nitrogens with two attached hydrogens (primary N) is 1. The number of nitrogens with zero attached hydrogens (tertiary/aromatic N) is 1. The van der Waals surface area contributed by atoms with Gasteiger partial charge in [-0.1, -0.05) is 23.9 Å². The Kier molecular flexibility index (Phi) is 6.50. The number of amidine groups is 1. The molecule has 2 N–H and O–H groups in total. The SMILES string of the molecule is COCCN=C(N)SCc1cccc(OC)c1. The van der Waals surface area contributed by atoms with E-state index in [0.29, 0.717) is 18.3 Å². The van der Waals surface area contributed by atoms with Crippen molar-refractivity contribution in [2.75, 3.05) is 27.4 Å². The minimum Gasteiger partial charge on any atom is -0.497 e. The molecule has 0 saturated heterocycles. The summed E-state index contributed by atoms with van der Waals surface area (Å²) in [6.07, 6.45) is 0. The molecular formula is C12H18N2O2S. The first-order chi connectivity index (χ1) is 8.26. The average molecular weight is 254 g/mol. The Balaban J connectivity index is 2.41.